The molecule has 4 rings (SSSR count). The zero-order valence-corrected chi connectivity index (χ0v) is 15.5. The Balaban J connectivity index is 1.56. The number of ketones is 1. The quantitative estimate of drug-likeness (QED) is 0.763. The summed E-state index contributed by atoms with van der Waals surface area (Å²) in [6.45, 7) is 6.74. The van der Waals surface area contributed by atoms with Crippen LogP contribution in [0.4, 0.5) is 10.2 Å². The minimum absolute atomic E-state index is 0.117. The van der Waals surface area contributed by atoms with Gasteiger partial charge in [0.1, 0.15) is 5.82 Å². The molecule has 7 nitrogen and oxygen atoms in total. The van der Waals surface area contributed by atoms with Crippen molar-refractivity contribution in [1.82, 2.24) is 19.9 Å². The third kappa shape index (κ3) is 3.72. The molecule has 0 radical (unpaired) electrons. The van der Waals surface area contributed by atoms with E-state index in [0.717, 1.165) is 52.2 Å². The summed E-state index contributed by atoms with van der Waals surface area (Å²) in [7, 11) is 0. The SMILES string of the molecule is CC(=O)c1nnn(-c2ccc(F)cc2)c1N1CCC(N2CCOCC2)CC1. The van der Waals surface area contributed by atoms with Crippen LogP contribution in [0, 0.1) is 5.82 Å². The molecule has 0 atom stereocenters. The zero-order chi connectivity index (χ0) is 18.8. The van der Waals surface area contributed by atoms with E-state index in [1.54, 1.807) is 16.8 Å². The van der Waals surface area contributed by atoms with Crippen molar-refractivity contribution < 1.29 is 13.9 Å². The first-order valence-corrected chi connectivity index (χ1v) is 9.43. The molecule has 0 saturated carbocycles. The first kappa shape index (κ1) is 18.1. The number of carbonyl (C=O) groups is 1. The monoisotopic (exact) mass is 373 g/mol. The van der Waals surface area contributed by atoms with Crippen LogP contribution in [0.3, 0.4) is 0 Å². The van der Waals surface area contributed by atoms with Gasteiger partial charge in [0.2, 0.25) is 0 Å². The molecule has 1 aromatic heterocycles. The Morgan fingerprint density at radius 1 is 1.11 bits per heavy atom. The van der Waals surface area contributed by atoms with Gasteiger partial charge in [0.15, 0.2) is 17.3 Å². The van der Waals surface area contributed by atoms with E-state index in [0.29, 0.717) is 23.2 Å². The Labute approximate surface area is 157 Å². The van der Waals surface area contributed by atoms with Gasteiger partial charge in [-0.2, -0.15) is 4.68 Å². The van der Waals surface area contributed by atoms with Gasteiger partial charge in [-0.1, -0.05) is 5.21 Å². The minimum atomic E-state index is -0.307. The lowest BCUT2D eigenvalue weighted by Gasteiger charge is -2.40. The van der Waals surface area contributed by atoms with E-state index >= 15 is 0 Å². The van der Waals surface area contributed by atoms with Crippen molar-refractivity contribution in [3.63, 3.8) is 0 Å². The normalized spacial score (nSPS) is 19.4. The number of Topliss-reactive ketones (excluding diaryl/α,β-unsaturated/α-hetero) is 1. The maximum Gasteiger partial charge on any atom is 0.183 e. The maximum atomic E-state index is 13.3. The van der Waals surface area contributed by atoms with E-state index in [-0.39, 0.29) is 11.6 Å². The fourth-order valence-electron chi connectivity index (χ4n) is 3.93. The second-order valence-electron chi connectivity index (χ2n) is 7.07. The summed E-state index contributed by atoms with van der Waals surface area (Å²) in [4.78, 5) is 16.8. The molecule has 2 aliphatic rings. The van der Waals surface area contributed by atoms with Crippen LogP contribution in [0.1, 0.15) is 30.3 Å². The highest BCUT2D eigenvalue weighted by atomic mass is 19.1. The average Bonchev–Trinajstić information content (AvgIpc) is 3.15. The fraction of sp³-hybridized carbons (Fsp3) is 0.526. The third-order valence-corrected chi connectivity index (χ3v) is 5.38. The van der Waals surface area contributed by atoms with E-state index in [1.165, 1.54) is 19.1 Å². The number of hydrogen-bond donors (Lipinski definition) is 0. The first-order chi connectivity index (χ1) is 13.1. The third-order valence-electron chi connectivity index (χ3n) is 5.38. The Kier molecular flexibility index (Phi) is 5.18. The lowest BCUT2D eigenvalue weighted by Crippen LogP contribution is -2.49. The first-order valence-electron chi connectivity index (χ1n) is 9.43. The van der Waals surface area contributed by atoms with E-state index in [1.807, 2.05) is 0 Å². The summed E-state index contributed by atoms with van der Waals surface area (Å²) in [6, 6.07) is 6.62. The number of rotatable bonds is 4. The van der Waals surface area contributed by atoms with Crippen molar-refractivity contribution in [2.75, 3.05) is 44.3 Å². The Hall–Kier alpha value is -2.32. The van der Waals surface area contributed by atoms with E-state index in [4.69, 9.17) is 4.74 Å². The summed E-state index contributed by atoms with van der Waals surface area (Å²) in [5, 5.41) is 8.28. The van der Waals surface area contributed by atoms with E-state index in [9.17, 15) is 9.18 Å². The molecule has 2 fully saturated rings. The number of anilines is 1. The predicted molar refractivity (Wildman–Crippen MR) is 98.9 cm³/mol. The number of piperidine rings is 1. The summed E-state index contributed by atoms with van der Waals surface area (Å²) < 4.78 is 20.4. The average molecular weight is 373 g/mol. The zero-order valence-electron chi connectivity index (χ0n) is 15.5. The number of carbonyl (C=O) groups excluding carboxylic acids is 1. The number of nitrogens with zero attached hydrogens (tertiary/aromatic N) is 5. The molecule has 2 aromatic rings. The van der Waals surface area contributed by atoms with Crippen LogP contribution >= 0.6 is 0 Å². The van der Waals surface area contributed by atoms with E-state index < -0.39 is 0 Å². The molecule has 3 heterocycles. The topological polar surface area (TPSA) is 63.5 Å². The molecule has 144 valence electrons. The summed E-state index contributed by atoms with van der Waals surface area (Å²) in [5.74, 6) is 0.279. The number of aromatic nitrogens is 3. The van der Waals surface area contributed by atoms with Crippen LogP contribution in [-0.4, -0.2) is 71.1 Å². The molecule has 0 unspecified atom stereocenters. The Bertz CT molecular complexity index is 793. The summed E-state index contributed by atoms with van der Waals surface area (Å²) in [5.41, 5.74) is 1.06. The second-order valence-corrected chi connectivity index (χ2v) is 7.07. The molecule has 0 spiro atoms. The fourth-order valence-corrected chi connectivity index (χ4v) is 3.93. The van der Waals surface area contributed by atoms with Gasteiger partial charge in [-0.3, -0.25) is 9.69 Å². The molecule has 2 saturated heterocycles. The molecular weight excluding hydrogens is 349 g/mol. The molecule has 0 amide bonds. The van der Waals surface area contributed by atoms with Crippen LogP contribution in [0.15, 0.2) is 24.3 Å². The Morgan fingerprint density at radius 2 is 1.78 bits per heavy atom. The highest BCUT2D eigenvalue weighted by Gasteiger charge is 2.30. The highest BCUT2D eigenvalue weighted by molar-refractivity contribution is 5.97. The predicted octanol–water partition coefficient (Wildman–Crippen LogP) is 1.91. The van der Waals surface area contributed by atoms with Crippen molar-refractivity contribution in [2.45, 2.75) is 25.8 Å². The van der Waals surface area contributed by atoms with Crippen LogP contribution in [-0.2, 0) is 4.74 Å². The second kappa shape index (κ2) is 7.74. The summed E-state index contributed by atoms with van der Waals surface area (Å²) >= 11 is 0. The van der Waals surface area contributed by atoms with Gasteiger partial charge < -0.3 is 9.64 Å². The standard InChI is InChI=1S/C19H24FN5O2/c1-14(26)18-19(25(22-21-18)17-4-2-15(20)3-5-17)24-8-6-16(7-9-24)23-10-12-27-13-11-23/h2-5,16H,6-13H2,1H3. The Morgan fingerprint density at radius 3 is 2.41 bits per heavy atom. The van der Waals surface area contributed by atoms with Crippen LogP contribution in [0.25, 0.3) is 5.69 Å². The van der Waals surface area contributed by atoms with Crippen molar-refractivity contribution >= 4 is 11.6 Å². The van der Waals surface area contributed by atoms with Crippen LogP contribution in [0.2, 0.25) is 0 Å². The van der Waals surface area contributed by atoms with Gasteiger partial charge >= 0.3 is 0 Å². The maximum absolute atomic E-state index is 13.3. The van der Waals surface area contributed by atoms with Crippen molar-refractivity contribution in [2.24, 2.45) is 0 Å². The van der Waals surface area contributed by atoms with Gasteiger partial charge in [-0.05, 0) is 37.1 Å². The number of hydrogen-bond acceptors (Lipinski definition) is 6. The van der Waals surface area contributed by atoms with Crippen molar-refractivity contribution in [3.05, 3.63) is 35.8 Å². The van der Waals surface area contributed by atoms with Gasteiger partial charge in [0.25, 0.3) is 0 Å². The molecule has 8 heteroatoms. The number of halogens is 1. The van der Waals surface area contributed by atoms with Crippen molar-refractivity contribution in [1.29, 1.82) is 0 Å². The van der Waals surface area contributed by atoms with Gasteiger partial charge in [0.05, 0.1) is 18.9 Å². The van der Waals surface area contributed by atoms with Crippen LogP contribution < -0.4 is 4.90 Å². The molecule has 0 N–H and O–H groups in total. The lowest BCUT2D eigenvalue weighted by atomic mass is 10.0. The largest absolute Gasteiger partial charge is 0.379 e. The lowest BCUT2D eigenvalue weighted by molar-refractivity contribution is 0.0114. The van der Waals surface area contributed by atoms with E-state index in [2.05, 4.69) is 20.1 Å². The number of benzene rings is 1. The van der Waals surface area contributed by atoms with Crippen molar-refractivity contribution in [3.8, 4) is 5.69 Å². The van der Waals surface area contributed by atoms with Gasteiger partial charge in [0, 0.05) is 39.1 Å². The smallest absolute Gasteiger partial charge is 0.183 e. The molecule has 1 aromatic carbocycles. The summed E-state index contributed by atoms with van der Waals surface area (Å²) in [6.07, 6.45) is 2.04. The highest BCUT2D eigenvalue weighted by Crippen LogP contribution is 2.28. The molecule has 0 aliphatic carbocycles. The number of morpholine rings is 1. The van der Waals surface area contributed by atoms with Gasteiger partial charge in [-0.15, -0.1) is 5.10 Å². The molecule has 0 bridgehead atoms. The molecular formula is C19H24FN5O2. The molecule has 27 heavy (non-hydrogen) atoms. The molecule has 2 aliphatic heterocycles. The van der Waals surface area contributed by atoms with Gasteiger partial charge in [-0.25, -0.2) is 4.39 Å². The van der Waals surface area contributed by atoms with Crippen LogP contribution in [0.5, 0.6) is 0 Å². The number of ether oxygens (including phenoxy) is 1. The minimum Gasteiger partial charge on any atom is -0.379 e.